The molecule has 0 saturated carbocycles. The van der Waals surface area contributed by atoms with Crippen molar-refractivity contribution in [3.05, 3.63) is 122 Å². The number of nitrogens with one attached hydrogen (secondary N) is 2. The molecule has 11 nitrogen and oxygen atoms in total. The molecule has 0 unspecified atom stereocenters. The van der Waals surface area contributed by atoms with Gasteiger partial charge in [-0.25, -0.2) is 27.6 Å². The fourth-order valence-electron chi connectivity index (χ4n) is 4.70. The van der Waals surface area contributed by atoms with Crippen molar-refractivity contribution in [3.63, 3.8) is 0 Å². The number of rotatable bonds is 6. The molecule has 0 aliphatic carbocycles. The predicted octanol–water partition coefficient (Wildman–Crippen LogP) is 4.23. The molecule has 4 aromatic heterocycles. The van der Waals surface area contributed by atoms with Gasteiger partial charge in [0.25, 0.3) is 5.56 Å². The molecule has 0 aliphatic rings. The number of hydrogen-bond acceptors (Lipinski definition) is 7. The van der Waals surface area contributed by atoms with Gasteiger partial charge in [0, 0.05) is 28.7 Å². The van der Waals surface area contributed by atoms with Gasteiger partial charge >= 0.3 is 5.69 Å². The molecule has 6 rings (SSSR count). The Kier molecular flexibility index (Phi) is 6.45. The number of carbonyl (C=O) groups is 1. The summed E-state index contributed by atoms with van der Waals surface area (Å²) in [5, 5.41) is 4.57. The molecule has 0 radical (unpaired) electrons. The van der Waals surface area contributed by atoms with Gasteiger partial charge in [-0.3, -0.25) is 19.1 Å². The standard InChI is InChI=1S/C29H20F3N7O4/c1-13-6-25(43-27-17(30)4-3-5-18(27)31)34-12-23(13)39-28(33)16(11-35-39)26(41)21-9-15-8-19(32)22(10-20(15)36-21)38-14(2)7-24(40)37-29(38)42/h3-12,36H,33H2,1-2H3,(H,37,40,42). The Labute approximate surface area is 239 Å². The van der Waals surface area contributed by atoms with Crippen LogP contribution >= 0.6 is 0 Å². The van der Waals surface area contributed by atoms with Crippen molar-refractivity contribution in [2.45, 2.75) is 13.8 Å². The number of ether oxygens (including phenoxy) is 1. The van der Waals surface area contributed by atoms with E-state index in [1.54, 1.807) is 6.92 Å². The third kappa shape index (κ3) is 4.73. The van der Waals surface area contributed by atoms with Gasteiger partial charge in [-0.2, -0.15) is 5.10 Å². The maximum absolute atomic E-state index is 15.0. The molecule has 14 heteroatoms. The van der Waals surface area contributed by atoms with E-state index in [1.807, 2.05) is 0 Å². The molecule has 2 aromatic carbocycles. The van der Waals surface area contributed by atoms with Crippen molar-refractivity contribution in [2.75, 3.05) is 5.73 Å². The average Bonchev–Trinajstić information content (AvgIpc) is 3.53. The van der Waals surface area contributed by atoms with Crippen molar-refractivity contribution in [1.82, 2.24) is 29.3 Å². The summed E-state index contributed by atoms with van der Waals surface area (Å²) in [5.41, 5.74) is 6.34. The molecule has 4 N–H and O–H groups in total. The van der Waals surface area contributed by atoms with Crippen LogP contribution in [0.1, 0.15) is 27.3 Å². The molecule has 0 amide bonds. The average molecular weight is 588 g/mol. The topological polar surface area (TPSA) is 154 Å². The summed E-state index contributed by atoms with van der Waals surface area (Å²) in [6.45, 7) is 3.16. The minimum Gasteiger partial charge on any atom is -0.433 e. The number of hydrogen-bond donors (Lipinski definition) is 3. The minimum atomic E-state index is -0.889. The fraction of sp³-hybridized carbons (Fsp3) is 0.0690. The van der Waals surface area contributed by atoms with Gasteiger partial charge in [0.1, 0.15) is 11.6 Å². The van der Waals surface area contributed by atoms with E-state index in [0.29, 0.717) is 22.2 Å². The van der Waals surface area contributed by atoms with Gasteiger partial charge in [-0.1, -0.05) is 6.07 Å². The zero-order valence-corrected chi connectivity index (χ0v) is 22.4. The maximum Gasteiger partial charge on any atom is 0.333 e. The molecule has 0 saturated heterocycles. The summed E-state index contributed by atoms with van der Waals surface area (Å²) in [4.78, 5) is 46.5. The van der Waals surface area contributed by atoms with Crippen LogP contribution in [0.25, 0.3) is 22.3 Å². The first-order chi connectivity index (χ1) is 20.5. The number of aromatic amines is 2. The Balaban J connectivity index is 1.31. The molecule has 216 valence electrons. The normalized spacial score (nSPS) is 11.3. The van der Waals surface area contributed by atoms with Crippen LogP contribution in [0.15, 0.2) is 70.5 Å². The molecule has 0 spiro atoms. The van der Waals surface area contributed by atoms with Crippen LogP contribution in [-0.4, -0.2) is 35.1 Å². The Morgan fingerprint density at radius 2 is 1.67 bits per heavy atom. The third-order valence-corrected chi connectivity index (χ3v) is 6.76. The third-order valence-electron chi connectivity index (χ3n) is 6.76. The number of halogens is 3. The van der Waals surface area contributed by atoms with Crippen LogP contribution in [0, 0.1) is 31.3 Å². The summed E-state index contributed by atoms with van der Waals surface area (Å²) in [6.07, 6.45) is 2.59. The first-order valence-corrected chi connectivity index (χ1v) is 12.6. The van der Waals surface area contributed by atoms with Crippen LogP contribution < -0.4 is 21.7 Å². The summed E-state index contributed by atoms with van der Waals surface area (Å²) in [5.74, 6) is -3.76. The first-order valence-electron chi connectivity index (χ1n) is 12.6. The molecule has 0 fully saturated rings. The van der Waals surface area contributed by atoms with Gasteiger partial charge in [-0.15, -0.1) is 0 Å². The molecular formula is C29H20F3N7O4. The highest BCUT2D eigenvalue weighted by Crippen LogP contribution is 2.30. The number of fused-ring (bicyclic) bond motifs is 1. The van der Waals surface area contributed by atoms with E-state index in [4.69, 9.17) is 10.5 Å². The summed E-state index contributed by atoms with van der Waals surface area (Å²) in [6, 6.07) is 9.87. The number of H-pyrrole nitrogens is 2. The molecule has 4 heterocycles. The van der Waals surface area contributed by atoms with Crippen LogP contribution in [0.2, 0.25) is 0 Å². The lowest BCUT2D eigenvalue weighted by atomic mass is 10.1. The molecular weight excluding hydrogens is 567 g/mol. The smallest absolute Gasteiger partial charge is 0.333 e. The number of para-hydroxylation sites is 1. The van der Waals surface area contributed by atoms with Gasteiger partial charge in [-0.05, 0) is 49.7 Å². The minimum absolute atomic E-state index is 0.0235. The summed E-state index contributed by atoms with van der Waals surface area (Å²) in [7, 11) is 0. The highest BCUT2D eigenvalue weighted by atomic mass is 19.1. The molecule has 0 bridgehead atoms. The lowest BCUT2D eigenvalue weighted by Crippen LogP contribution is -2.30. The number of nitrogen functional groups attached to an aromatic ring is 1. The lowest BCUT2D eigenvalue weighted by molar-refractivity contribution is 0.103. The van der Waals surface area contributed by atoms with Crippen molar-refractivity contribution >= 4 is 22.5 Å². The molecule has 0 aliphatic heterocycles. The monoisotopic (exact) mass is 587 g/mol. The quantitative estimate of drug-likeness (QED) is 0.247. The van der Waals surface area contributed by atoms with Crippen molar-refractivity contribution in [2.24, 2.45) is 0 Å². The van der Waals surface area contributed by atoms with E-state index in [1.165, 1.54) is 48.3 Å². The second-order valence-electron chi connectivity index (χ2n) is 9.64. The molecule has 6 aromatic rings. The number of aryl methyl sites for hydroxylation is 2. The Hall–Kier alpha value is -5.92. The second kappa shape index (κ2) is 10.2. The van der Waals surface area contributed by atoms with Crippen molar-refractivity contribution in [1.29, 1.82) is 0 Å². The lowest BCUT2D eigenvalue weighted by Gasteiger charge is -2.11. The van der Waals surface area contributed by atoms with E-state index in [0.717, 1.165) is 28.8 Å². The number of ketones is 1. The first kappa shape index (κ1) is 27.3. The van der Waals surface area contributed by atoms with Crippen LogP contribution in [0.5, 0.6) is 11.6 Å². The largest absolute Gasteiger partial charge is 0.433 e. The predicted molar refractivity (Wildman–Crippen MR) is 150 cm³/mol. The highest BCUT2D eigenvalue weighted by Gasteiger charge is 2.22. The molecule has 43 heavy (non-hydrogen) atoms. The SMILES string of the molecule is Cc1cc(Oc2c(F)cccc2F)ncc1-n1ncc(C(=O)c2cc3cc(F)c(-n4c(C)cc(=O)[nH]c4=O)cc3[nH]2)c1N. The Morgan fingerprint density at radius 3 is 2.37 bits per heavy atom. The van der Waals surface area contributed by atoms with Gasteiger partial charge in [0.2, 0.25) is 17.4 Å². The number of nitrogens with zero attached hydrogens (tertiary/aromatic N) is 4. The number of aromatic nitrogens is 6. The van der Waals surface area contributed by atoms with Gasteiger partial charge in [0.15, 0.2) is 11.6 Å². The zero-order chi connectivity index (χ0) is 30.6. The summed E-state index contributed by atoms with van der Waals surface area (Å²) < 4.78 is 50.6. The van der Waals surface area contributed by atoms with Crippen LogP contribution in [-0.2, 0) is 0 Å². The van der Waals surface area contributed by atoms with E-state index >= 15 is 4.39 Å². The van der Waals surface area contributed by atoms with E-state index < -0.39 is 40.2 Å². The summed E-state index contributed by atoms with van der Waals surface area (Å²) >= 11 is 0. The number of nitrogens with two attached hydrogens (primary N) is 1. The molecule has 0 atom stereocenters. The highest BCUT2D eigenvalue weighted by molar-refractivity contribution is 6.12. The number of carbonyl (C=O) groups excluding carboxylic acids is 1. The van der Waals surface area contributed by atoms with Crippen molar-refractivity contribution in [3.8, 4) is 23.0 Å². The fourth-order valence-corrected chi connectivity index (χ4v) is 4.70. The van der Waals surface area contributed by atoms with E-state index in [9.17, 15) is 23.2 Å². The Morgan fingerprint density at radius 1 is 0.930 bits per heavy atom. The van der Waals surface area contributed by atoms with Gasteiger partial charge in [0.05, 0.1) is 35.0 Å². The van der Waals surface area contributed by atoms with Crippen molar-refractivity contribution < 1.29 is 22.7 Å². The number of benzene rings is 2. The maximum atomic E-state index is 15.0. The second-order valence-corrected chi connectivity index (χ2v) is 9.64. The van der Waals surface area contributed by atoms with E-state index in [-0.39, 0.29) is 34.3 Å². The van der Waals surface area contributed by atoms with Crippen LogP contribution in [0.3, 0.4) is 0 Å². The zero-order valence-electron chi connectivity index (χ0n) is 22.4. The van der Waals surface area contributed by atoms with Gasteiger partial charge < -0.3 is 15.5 Å². The number of anilines is 1. The van der Waals surface area contributed by atoms with Crippen LogP contribution in [0.4, 0.5) is 19.0 Å². The van der Waals surface area contributed by atoms with E-state index in [2.05, 4.69) is 20.1 Å². The number of pyridine rings is 1. The Bertz CT molecular complexity index is 2190.